The predicted molar refractivity (Wildman–Crippen MR) is 93.9 cm³/mol. The molecule has 114 valence electrons. The van der Waals surface area contributed by atoms with Gasteiger partial charge in [0, 0.05) is 16.3 Å². The van der Waals surface area contributed by atoms with E-state index in [1.807, 2.05) is 42.5 Å². The van der Waals surface area contributed by atoms with E-state index in [1.54, 1.807) is 26.1 Å². The molecule has 1 atom stereocenters. The number of ether oxygens (including phenoxy) is 1. The van der Waals surface area contributed by atoms with Gasteiger partial charge in [0.15, 0.2) is 6.10 Å². The molecule has 0 N–H and O–H groups in total. The van der Waals surface area contributed by atoms with Crippen molar-refractivity contribution in [2.45, 2.75) is 13.0 Å². The van der Waals surface area contributed by atoms with Gasteiger partial charge in [0.25, 0.3) is 5.91 Å². The topological polar surface area (TPSA) is 46.6 Å². The second-order valence-electron chi connectivity index (χ2n) is 4.76. The molecule has 4 nitrogen and oxygen atoms in total. The van der Waals surface area contributed by atoms with E-state index in [1.165, 1.54) is 4.90 Å². The largest absolute Gasteiger partial charge is 0.449 e. The molecule has 0 aromatic heterocycles. The molecule has 1 amide bonds. The second kappa shape index (κ2) is 7.40. The van der Waals surface area contributed by atoms with Crippen LogP contribution >= 0.6 is 22.6 Å². The summed E-state index contributed by atoms with van der Waals surface area (Å²) < 4.78 is 6.08. The first-order valence-corrected chi connectivity index (χ1v) is 7.86. The third-order valence-corrected chi connectivity index (χ3v) is 4.14. The van der Waals surface area contributed by atoms with Crippen molar-refractivity contribution in [3.8, 4) is 0 Å². The van der Waals surface area contributed by atoms with Gasteiger partial charge in [0.2, 0.25) is 0 Å². The maximum atomic E-state index is 12.3. The first kappa shape index (κ1) is 16.5. The smallest absolute Gasteiger partial charge is 0.339 e. The lowest BCUT2D eigenvalue weighted by atomic mass is 10.2. The van der Waals surface area contributed by atoms with Crippen LogP contribution in [0.25, 0.3) is 0 Å². The monoisotopic (exact) mass is 409 g/mol. The molecule has 0 aliphatic rings. The molecule has 0 radical (unpaired) electrons. The molecule has 2 rings (SSSR count). The molecule has 2 aromatic rings. The number of carbonyl (C=O) groups excluding carboxylic acids is 2. The molecule has 0 heterocycles. The number of hydrogen-bond acceptors (Lipinski definition) is 3. The minimum Gasteiger partial charge on any atom is -0.449 e. The van der Waals surface area contributed by atoms with Gasteiger partial charge in [-0.05, 0) is 53.8 Å². The van der Waals surface area contributed by atoms with Crippen LogP contribution in [0.2, 0.25) is 0 Å². The van der Waals surface area contributed by atoms with Gasteiger partial charge in [-0.3, -0.25) is 4.79 Å². The van der Waals surface area contributed by atoms with Crippen LogP contribution in [0.5, 0.6) is 0 Å². The highest BCUT2D eigenvalue weighted by molar-refractivity contribution is 14.1. The summed E-state index contributed by atoms with van der Waals surface area (Å²) in [5.74, 6) is -0.766. The number of benzene rings is 2. The Labute approximate surface area is 143 Å². The van der Waals surface area contributed by atoms with Crippen molar-refractivity contribution in [2.24, 2.45) is 0 Å². The summed E-state index contributed by atoms with van der Waals surface area (Å²) in [6.45, 7) is 1.58. The van der Waals surface area contributed by atoms with Crippen LogP contribution in [0, 0.1) is 3.57 Å². The normalized spacial score (nSPS) is 11.6. The molecule has 2 aromatic carbocycles. The number of halogens is 1. The quantitative estimate of drug-likeness (QED) is 0.574. The van der Waals surface area contributed by atoms with Crippen molar-refractivity contribution in [1.29, 1.82) is 0 Å². The van der Waals surface area contributed by atoms with Crippen LogP contribution in [-0.2, 0) is 9.53 Å². The Morgan fingerprint density at radius 1 is 1.05 bits per heavy atom. The third-order valence-electron chi connectivity index (χ3n) is 3.20. The lowest BCUT2D eigenvalue weighted by Crippen LogP contribution is -2.37. The van der Waals surface area contributed by atoms with E-state index in [2.05, 4.69) is 22.6 Å². The van der Waals surface area contributed by atoms with E-state index in [9.17, 15) is 9.59 Å². The molecule has 5 heteroatoms. The fourth-order valence-corrected chi connectivity index (χ4v) is 2.56. The van der Waals surface area contributed by atoms with Crippen LogP contribution in [-0.4, -0.2) is 25.0 Å². The first-order valence-electron chi connectivity index (χ1n) is 6.79. The third kappa shape index (κ3) is 3.85. The minimum absolute atomic E-state index is 0.273. The van der Waals surface area contributed by atoms with Gasteiger partial charge in [0.1, 0.15) is 0 Å². The van der Waals surface area contributed by atoms with E-state index in [0.717, 1.165) is 9.26 Å². The van der Waals surface area contributed by atoms with Crippen molar-refractivity contribution in [3.63, 3.8) is 0 Å². The average Bonchev–Trinajstić information content (AvgIpc) is 2.54. The first-order chi connectivity index (χ1) is 10.5. The highest BCUT2D eigenvalue weighted by Gasteiger charge is 2.23. The number of amides is 1. The summed E-state index contributed by atoms with van der Waals surface area (Å²) in [5.41, 5.74) is 1.22. The number of carbonyl (C=O) groups is 2. The second-order valence-corrected chi connectivity index (χ2v) is 5.92. The number of anilines is 1. The highest BCUT2D eigenvalue weighted by atomic mass is 127. The van der Waals surface area contributed by atoms with Crippen molar-refractivity contribution in [1.82, 2.24) is 0 Å². The molecule has 22 heavy (non-hydrogen) atoms. The Morgan fingerprint density at radius 2 is 1.64 bits per heavy atom. The lowest BCUT2D eigenvalue weighted by Gasteiger charge is -2.21. The zero-order chi connectivity index (χ0) is 16.1. The molecular weight excluding hydrogens is 393 g/mol. The van der Waals surface area contributed by atoms with Crippen molar-refractivity contribution < 1.29 is 14.3 Å². The summed E-state index contributed by atoms with van der Waals surface area (Å²) >= 11 is 2.07. The summed E-state index contributed by atoms with van der Waals surface area (Å²) in [6.07, 6.45) is -0.853. The van der Waals surface area contributed by atoms with Gasteiger partial charge in [0.05, 0.1) is 5.56 Å². The van der Waals surface area contributed by atoms with E-state index < -0.39 is 12.1 Å². The molecule has 0 saturated carbocycles. The van der Waals surface area contributed by atoms with Crippen LogP contribution in [0.15, 0.2) is 54.6 Å². The molecule has 0 unspecified atom stereocenters. The zero-order valence-electron chi connectivity index (χ0n) is 12.3. The number of para-hydroxylation sites is 1. The van der Waals surface area contributed by atoms with E-state index in [0.29, 0.717) is 5.56 Å². The standard InChI is InChI=1S/C17H16INO3/c1-12(16(20)19(2)13-8-4-3-5-9-13)22-17(21)14-10-6-7-11-15(14)18/h3-12H,1-2H3/t12-/m1/s1. The summed E-state index contributed by atoms with van der Waals surface area (Å²) in [7, 11) is 1.66. The molecular formula is C17H16INO3. The highest BCUT2D eigenvalue weighted by Crippen LogP contribution is 2.16. The van der Waals surface area contributed by atoms with Gasteiger partial charge in [-0.25, -0.2) is 4.79 Å². The molecule has 0 saturated heterocycles. The van der Waals surface area contributed by atoms with Crippen LogP contribution in [0.4, 0.5) is 5.69 Å². The van der Waals surface area contributed by atoms with E-state index >= 15 is 0 Å². The van der Waals surface area contributed by atoms with Crippen LogP contribution in [0.1, 0.15) is 17.3 Å². The summed E-state index contributed by atoms with van der Waals surface area (Å²) in [5, 5.41) is 0. The van der Waals surface area contributed by atoms with Crippen molar-refractivity contribution in [3.05, 3.63) is 63.7 Å². The molecule has 0 spiro atoms. The number of hydrogen-bond donors (Lipinski definition) is 0. The zero-order valence-corrected chi connectivity index (χ0v) is 14.5. The molecule has 0 fully saturated rings. The average molecular weight is 409 g/mol. The summed E-state index contributed by atoms with van der Waals surface area (Å²) in [6, 6.07) is 16.3. The van der Waals surface area contributed by atoms with Gasteiger partial charge in [-0.1, -0.05) is 30.3 Å². The fourth-order valence-electron chi connectivity index (χ4n) is 1.95. The van der Waals surface area contributed by atoms with Crippen molar-refractivity contribution in [2.75, 3.05) is 11.9 Å². The van der Waals surface area contributed by atoms with Gasteiger partial charge >= 0.3 is 5.97 Å². The van der Waals surface area contributed by atoms with E-state index in [-0.39, 0.29) is 5.91 Å². The SMILES string of the molecule is C[C@@H](OC(=O)c1ccccc1I)C(=O)N(C)c1ccccc1. The number of rotatable bonds is 4. The number of nitrogens with zero attached hydrogens (tertiary/aromatic N) is 1. The number of esters is 1. The molecule has 0 aliphatic carbocycles. The Hall–Kier alpha value is -1.89. The Bertz CT molecular complexity index is 673. The van der Waals surface area contributed by atoms with Crippen LogP contribution < -0.4 is 4.90 Å². The molecule has 0 aliphatic heterocycles. The fraction of sp³-hybridized carbons (Fsp3) is 0.176. The summed E-state index contributed by atoms with van der Waals surface area (Å²) in [4.78, 5) is 26.0. The molecule has 0 bridgehead atoms. The van der Waals surface area contributed by atoms with E-state index in [4.69, 9.17) is 4.74 Å². The van der Waals surface area contributed by atoms with Gasteiger partial charge in [-0.2, -0.15) is 0 Å². The Kier molecular flexibility index (Phi) is 5.54. The van der Waals surface area contributed by atoms with Crippen LogP contribution in [0.3, 0.4) is 0 Å². The Morgan fingerprint density at radius 3 is 2.27 bits per heavy atom. The predicted octanol–water partition coefficient (Wildman–Crippen LogP) is 3.50. The van der Waals surface area contributed by atoms with Crippen molar-refractivity contribution >= 4 is 40.2 Å². The minimum atomic E-state index is -0.853. The lowest BCUT2D eigenvalue weighted by molar-refractivity contribution is -0.126. The Balaban J connectivity index is 2.06. The van der Waals surface area contributed by atoms with Gasteiger partial charge < -0.3 is 9.64 Å². The maximum absolute atomic E-state index is 12.3. The maximum Gasteiger partial charge on any atom is 0.339 e. The number of likely N-dealkylation sites (N-methyl/N-ethyl adjacent to an activating group) is 1. The van der Waals surface area contributed by atoms with Gasteiger partial charge in [-0.15, -0.1) is 0 Å².